The number of hydrogen-bond acceptors (Lipinski definition) is 1. The van der Waals surface area contributed by atoms with Crippen molar-refractivity contribution in [3.8, 4) is 0 Å². The number of halogens is 2. The van der Waals surface area contributed by atoms with Crippen molar-refractivity contribution in [2.24, 2.45) is 10.8 Å². The molecule has 1 aliphatic rings. The highest BCUT2D eigenvalue weighted by Crippen LogP contribution is 2.43. The summed E-state index contributed by atoms with van der Waals surface area (Å²) in [6.07, 6.45) is 8.86. The molecule has 0 radical (unpaired) electrons. The van der Waals surface area contributed by atoms with E-state index in [9.17, 15) is 8.78 Å². The van der Waals surface area contributed by atoms with E-state index in [-0.39, 0.29) is 11.8 Å². The highest BCUT2D eigenvalue weighted by Gasteiger charge is 2.42. The summed E-state index contributed by atoms with van der Waals surface area (Å²) in [5.74, 6) is -2.56. The highest BCUT2D eigenvalue weighted by molar-refractivity contribution is 4.84. The zero-order valence-corrected chi connectivity index (χ0v) is 14.4. The van der Waals surface area contributed by atoms with Crippen LogP contribution in [-0.2, 0) is 4.74 Å². The van der Waals surface area contributed by atoms with Crippen molar-refractivity contribution in [2.75, 3.05) is 13.2 Å². The fourth-order valence-electron chi connectivity index (χ4n) is 3.31. The third-order valence-electron chi connectivity index (χ3n) is 5.07. The smallest absolute Gasteiger partial charge is 0.252 e. The number of unbranched alkanes of at least 4 members (excludes halogenated alkanes) is 1. The molecule has 0 unspecified atom stereocenters. The molecular weight excluding hydrogens is 270 g/mol. The van der Waals surface area contributed by atoms with Gasteiger partial charge in [0.15, 0.2) is 0 Å². The third-order valence-corrected chi connectivity index (χ3v) is 5.07. The predicted octanol–water partition coefficient (Wildman–Crippen LogP) is 6.22. The van der Waals surface area contributed by atoms with Gasteiger partial charge in [0.2, 0.25) is 0 Å². The SMILES string of the molecule is CCOCC1(CCCCC(F)(F)C(C)(C)C)CCCCC1. The first-order chi connectivity index (χ1) is 9.72. The third kappa shape index (κ3) is 5.84. The Balaban J connectivity index is 2.40. The maximum absolute atomic E-state index is 14.0. The van der Waals surface area contributed by atoms with Crippen molar-refractivity contribution in [3.63, 3.8) is 0 Å². The number of rotatable bonds is 8. The van der Waals surface area contributed by atoms with E-state index in [1.165, 1.54) is 32.1 Å². The Morgan fingerprint density at radius 1 is 1.00 bits per heavy atom. The Hall–Kier alpha value is -0.180. The van der Waals surface area contributed by atoms with Crippen LogP contribution in [-0.4, -0.2) is 19.1 Å². The molecule has 126 valence electrons. The normalized spacial score (nSPS) is 19.7. The van der Waals surface area contributed by atoms with Crippen LogP contribution in [0, 0.1) is 10.8 Å². The molecule has 0 aromatic rings. The van der Waals surface area contributed by atoms with Crippen molar-refractivity contribution in [2.45, 2.75) is 91.4 Å². The van der Waals surface area contributed by atoms with Crippen LogP contribution in [0.4, 0.5) is 8.78 Å². The largest absolute Gasteiger partial charge is 0.381 e. The Bertz CT molecular complexity index is 288. The molecule has 0 aromatic carbocycles. The zero-order valence-electron chi connectivity index (χ0n) is 14.4. The van der Waals surface area contributed by atoms with Gasteiger partial charge in [0.25, 0.3) is 5.92 Å². The minimum atomic E-state index is -2.56. The van der Waals surface area contributed by atoms with Crippen LogP contribution in [0.15, 0.2) is 0 Å². The number of hydrogen-bond donors (Lipinski definition) is 0. The topological polar surface area (TPSA) is 9.23 Å². The lowest BCUT2D eigenvalue weighted by atomic mass is 9.71. The van der Waals surface area contributed by atoms with Crippen LogP contribution in [0.2, 0.25) is 0 Å². The molecule has 0 heterocycles. The van der Waals surface area contributed by atoms with Crippen molar-refractivity contribution < 1.29 is 13.5 Å². The maximum atomic E-state index is 14.0. The van der Waals surface area contributed by atoms with E-state index in [2.05, 4.69) is 0 Å². The lowest BCUT2D eigenvalue weighted by Gasteiger charge is -2.37. The molecular formula is C18H34F2O. The summed E-state index contributed by atoms with van der Waals surface area (Å²) >= 11 is 0. The number of alkyl halides is 2. The standard InChI is InChI=1S/C18H34F2O/c1-5-21-15-17(11-7-6-8-12-17)13-9-10-14-18(19,20)16(2,3)4/h5-15H2,1-4H3. The van der Waals surface area contributed by atoms with Crippen molar-refractivity contribution in [1.82, 2.24) is 0 Å². The monoisotopic (exact) mass is 304 g/mol. The van der Waals surface area contributed by atoms with Gasteiger partial charge >= 0.3 is 0 Å². The second-order valence-electron chi connectivity index (χ2n) is 7.86. The van der Waals surface area contributed by atoms with E-state index in [1.807, 2.05) is 6.92 Å². The van der Waals surface area contributed by atoms with Crippen LogP contribution >= 0.6 is 0 Å². The van der Waals surface area contributed by atoms with Gasteiger partial charge in [-0.1, -0.05) is 46.5 Å². The molecule has 1 fully saturated rings. The van der Waals surface area contributed by atoms with E-state index < -0.39 is 11.3 Å². The summed E-state index contributed by atoms with van der Waals surface area (Å²) in [7, 11) is 0. The van der Waals surface area contributed by atoms with Crippen molar-refractivity contribution in [3.05, 3.63) is 0 Å². The maximum Gasteiger partial charge on any atom is 0.252 e. The second-order valence-corrected chi connectivity index (χ2v) is 7.86. The molecule has 1 nitrogen and oxygen atoms in total. The van der Waals surface area contributed by atoms with Gasteiger partial charge in [0.05, 0.1) is 6.61 Å². The molecule has 1 saturated carbocycles. The van der Waals surface area contributed by atoms with E-state index in [4.69, 9.17) is 4.74 Å². The van der Waals surface area contributed by atoms with Gasteiger partial charge in [-0.2, -0.15) is 0 Å². The Morgan fingerprint density at radius 3 is 2.14 bits per heavy atom. The van der Waals surface area contributed by atoms with Crippen LogP contribution in [0.1, 0.15) is 85.5 Å². The van der Waals surface area contributed by atoms with Gasteiger partial charge in [-0.15, -0.1) is 0 Å². The first kappa shape index (κ1) is 18.9. The molecule has 0 N–H and O–H groups in total. The average molecular weight is 304 g/mol. The Kier molecular flexibility index (Phi) is 7.09. The quantitative estimate of drug-likeness (QED) is 0.484. The molecule has 0 bridgehead atoms. The summed E-state index contributed by atoms with van der Waals surface area (Å²) < 4.78 is 33.6. The summed E-state index contributed by atoms with van der Waals surface area (Å²) in [5.41, 5.74) is -0.661. The van der Waals surface area contributed by atoms with Crippen molar-refractivity contribution in [1.29, 1.82) is 0 Å². The van der Waals surface area contributed by atoms with Gasteiger partial charge < -0.3 is 4.74 Å². The molecule has 0 amide bonds. The average Bonchev–Trinajstić information content (AvgIpc) is 2.41. The molecule has 1 rings (SSSR count). The molecule has 1 aliphatic carbocycles. The Morgan fingerprint density at radius 2 is 1.62 bits per heavy atom. The molecule has 3 heteroatoms. The molecule has 0 aliphatic heterocycles. The summed E-state index contributed by atoms with van der Waals surface area (Å²) in [4.78, 5) is 0. The molecule has 0 atom stereocenters. The lowest BCUT2D eigenvalue weighted by Crippen LogP contribution is -2.34. The van der Waals surface area contributed by atoms with Gasteiger partial charge in [0.1, 0.15) is 0 Å². The van der Waals surface area contributed by atoms with Crippen LogP contribution in [0.5, 0.6) is 0 Å². The molecule has 21 heavy (non-hydrogen) atoms. The molecule has 0 saturated heterocycles. The van der Waals surface area contributed by atoms with Crippen LogP contribution < -0.4 is 0 Å². The molecule has 0 spiro atoms. The van der Waals surface area contributed by atoms with Gasteiger partial charge in [-0.3, -0.25) is 0 Å². The van der Waals surface area contributed by atoms with Gasteiger partial charge in [0, 0.05) is 18.4 Å². The van der Waals surface area contributed by atoms with E-state index in [0.29, 0.717) is 6.42 Å². The highest BCUT2D eigenvalue weighted by atomic mass is 19.3. The zero-order chi connectivity index (χ0) is 16.0. The fraction of sp³-hybridized carbons (Fsp3) is 1.00. The van der Waals surface area contributed by atoms with Crippen LogP contribution in [0.25, 0.3) is 0 Å². The van der Waals surface area contributed by atoms with E-state index in [1.54, 1.807) is 20.8 Å². The van der Waals surface area contributed by atoms with Crippen molar-refractivity contribution >= 4 is 0 Å². The first-order valence-electron chi connectivity index (χ1n) is 8.68. The van der Waals surface area contributed by atoms with Gasteiger partial charge in [-0.25, -0.2) is 8.78 Å². The fourth-order valence-corrected chi connectivity index (χ4v) is 3.31. The summed E-state index contributed by atoms with van der Waals surface area (Å²) in [6, 6.07) is 0. The Labute approximate surface area is 129 Å². The summed E-state index contributed by atoms with van der Waals surface area (Å²) in [5, 5.41) is 0. The summed E-state index contributed by atoms with van der Waals surface area (Å²) in [6.45, 7) is 8.49. The van der Waals surface area contributed by atoms with Gasteiger partial charge in [-0.05, 0) is 38.0 Å². The van der Waals surface area contributed by atoms with E-state index in [0.717, 1.165) is 26.1 Å². The second kappa shape index (κ2) is 7.89. The van der Waals surface area contributed by atoms with E-state index >= 15 is 0 Å². The predicted molar refractivity (Wildman–Crippen MR) is 84.9 cm³/mol. The first-order valence-corrected chi connectivity index (χ1v) is 8.68. The lowest BCUT2D eigenvalue weighted by molar-refractivity contribution is -0.104. The minimum absolute atomic E-state index is 0.0151. The molecule has 0 aromatic heterocycles. The minimum Gasteiger partial charge on any atom is -0.381 e. The number of ether oxygens (including phenoxy) is 1. The van der Waals surface area contributed by atoms with Crippen LogP contribution in [0.3, 0.4) is 0 Å².